The number of sulfonamides is 1. The van der Waals surface area contributed by atoms with Crippen LogP contribution in [-0.4, -0.2) is 63.9 Å². The topological polar surface area (TPSA) is 88.2 Å². The Morgan fingerprint density at radius 3 is 2.22 bits per heavy atom. The molecule has 37 heavy (non-hydrogen) atoms. The number of carbonyl (C=O) groups is 1. The SMILES string of the molecule is COc1ccc(OC)c([C@@H](C)NC(=O)c2ccc(CN3CCN(S(=O)(=O)c4ccccc4)CC3)cc2)c1. The molecule has 1 atom stereocenters. The highest BCUT2D eigenvalue weighted by Gasteiger charge is 2.28. The van der Waals surface area contributed by atoms with E-state index in [1.807, 2.05) is 55.5 Å². The lowest BCUT2D eigenvalue weighted by atomic mass is 10.1. The lowest BCUT2D eigenvalue weighted by Gasteiger charge is -2.34. The van der Waals surface area contributed by atoms with E-state index in [-0.39, 0.29) is 11.9 Å². The van der Waals surface area contributed by atoms with Gasteiger partial charge in [-0.3, -0.25) is 9.69 Å². The maximum atomic E-state index is 12.9. The van der Waals surface area contributed by atoms with Gasteiger partial charge in [0.2, 0.25) is 10.0 Å². The predicted octanol–water partition coefficient (Wildman–Crippen LogP) is 3.70. The van der Waals surface area contributed by atoms with E-state index in [4.69, 9.17) is 9.47 Å². The molecule has 0 aliphatic carbocycles. The number of hydrogen-bond acceptors (Lipinski definition) is 6. The number of nitrogens with zero attached hydrogens (tertiary/aromatic N) is 2. The van der Waals surface area contributed by atoms with Crippen LogP contribution in [0.1, 0.15) is 34.5 Å². The standard InChI is InChI=1S/C28H33N3O5S/c1-21(26-19-24(35-2)13-14-27(26)36-3)29-28(32)23-11-9-22(10-12-23)20-30-15-17-31(18-16-30)37(33,34)25-7-5-4-6-8-25/h4-14,19,21H,15-18,20H2,1-3H3,(H,29,32)/t21-/m1/s1. The fraction of sp³-hybridized carbons (Fsp3) is 0.321. The minimum Gasteiger partial charge on any atom is -0.497 e. The molecule has 3 aromatic carbocycles. The molecule has 1 heterocycles. The fourth-order valence-electron chi connectivity index (χ4n) is 4.42. The minimum atomic E-state index is -3.46. The molecule has 196 valence electrons. The van der Waals surface area contributed by atoms with Crippen molar-refractivity contribution in [3.8, 4) is 11.5 Å². The van der Waals surface area contributed by atoms with E-state index in [0.29, 0.717) is 54.7 Å². The third-order valence-electron chi connectivity index (χ3n) is 6.59. The van der Waals surface area contributed by atoms with Crippen molar-refractivity contribution in [1.82, 2.24) is 14.5 Å². The quantitative estimate of drug-likeness (QED) is 0.460. The molecule has 8 nitrogen and oxygen atoms in total. The van der Waals surface area contributed by atoms with Crippen LogP contribution < -0.4 is 14.8 Å². The molecule has 1 aliphatic rings. The van der Waals surface area contributed by atoms with Crippen molar-refractivity contribution in [1.29, 1.82) is 0 Å². The maximum Gasteiger partial charge on any atom is 0.251 e. The summed E-state index contributed by atoms with van der Waals surface area (Å²) in [7, 11) is -0.267. The molecule has 1 N–H and O–H groups in total. The van der Waals surface area contributed by atoms with Gasteiger partial charge in [0.25, 0.3) is 5.91 Å². The minimum absolute atomic E-state index is 0.177. The molecule has 3 aromatic rings. The molecule has 1 saturated heterocycles. The first-order chi connectivity index (χ1) is 17.8. The zero-order chi connectivity index (χ0) is 26.4. The highest BCUT2D eigenvalue weighted by atomic mass is 32.2. The molecule has 4 rings (SSSR count). The molecule has 0 radical (unpaired) electrons. The molecule has 0 bridgehead atoms. The van der Waals surface area contributed by atoms with Gasteiger partial charge in [0.05, 0.1) is 25.2 Å². The summed E-state index contributed by atoms with van der Waals surface area (Å²) >= 11 is 0. The molecule has 0 aromatic heterocycles. The van der Waals surface area contributed by atoms with Crippen molar-refractivity contribution < 1.29 is 22.7 Å². The van der Waals surface area contributed by atoms with E-state index < -0.39 is 10.0 Å². The molecule has 1 aliphatic heterocycles. The van der Waals surface area contributed by atoms with Crippen LogP contribution in [0.5, 0.6) is 11.5 Å². The summed E-state index contributed by atoms with van der Waals surface area (Å²) in [6.07, 6.45) is 0. The molecule has 0 saturated carbocycles. The van der Waals surface area contributed by atoms with Crippen molar-refractivity contribution in [3.63, 3.8) is 0 Å². The Balaban J connectivity index is 1.32. The zero-order valence-electron chi connectivity index (χ0n) is 21.4. The summed E-state index contributed by atoms with van der Waals surface area (Å²) in [4.78, 5) is 15.4. The first-order valence-corrected chi connectivity index (χ1v) is 13.6. The number of methoxy groups -OCH3 is 2. The van der Waals surface area contributed by atoms with Crippen LogP contribution in [-0.2, 0) is 16.6 Å². The summed E-state index contributed by atoms with van der Waals surface area (Å²) < 4.78 is 38.0. The number of amides is 1. The first-order valence-electron chi connectivity index (χ1n) is 12.2. The smallest absolute Gasteiger partial charge is 0.251 e. The summed E-state index contributed by atoms with van der Waals surface area (Å²) in [6.45, 7) is 4.79. The maximum absolute atomic E-state index is 12.9. The van der Waals surface area contributed by atoms with Crippen LogP contribution in [0.4, 0.5) is 0 Å². The average Bonchev–Trinajstić information content (AvgIpc) is 2.93. The lowest BCUT2D eigenvalue weighted by Crippen LogP contribution is -2.48. The van der Waals surface area contributed by atoms with Gasteiger partial charge in [-0.15, -0.1) is 0 Å². The molecule has 0 unspecified atom stereocenters. The summed E-state index contributed by atoms with van der Waals surface area (Å²) in [5.74, 6) is 1.20. The van der Waals surface area contributed by atoms with E-state index in [2.05, 4.69) is 10.2 Å². The number of piperazine rings is 1. The van der Waals surface area contributed by atoms with Crippen LogP contribution in [0.3, 0.4) is 0 Å². The van der Waals surface area contributed by atoms with Crippen LogP contribution in [0.2, 0.25) is 0 Å². The Bertz CT molecular complexity index is 1310. The fourth-order valence-corrected chi connectivity index (χ4v) is 5.87. The molecule has 1 fully saturated rings. The Labute approximate surface area is 218 Å². The number of nitrogens with one attached hydrogen (secondary N) is 1. The van der Waals surface area contributed by atoms with Crippen molar-refractivity contribution >= 4 is 15.9 Å². The number of rotatable bonds is 9. The molecule has 1 amide bonds. The monoisotopic (exact) mass is 523 g/mol. The van der Waals surface area contributed by atoms with Crippen molar-refractivity contribution in [3.05, 3.63) is 89.5 Å². The van der Waals surface area contributed by atoms with Gasteiger partial charge in [-0.25, -0.2) is 8.42 Å². The number of hydrogen-bond donors (Lipinski definition) is 1. The third kappa shape index (κ3) is 6.30. The van der Waals surface area contributed by atoms with Crippen LogP contribution >= 0.6 is 0 Å². The van der Waals surface area contributed by atoms with Gasteiger partial charge in [-0.05, 0) is 55.0 Å². The molecular weight excluding hydrogens is 490 g/mol. The van der Waals surface area contributed by atoms with Gasteiger partial charge in [-0.2, -0.15) is 4.31 Å². The first kappa shape index (κ1) is 26.7. The van der Waals surface area contributed by atoms with E-state index in [9.17, 15) is 13.2 Å². The highest BCUT2D eigenvalue weighted by Crippen LogP contribution is 2.29. The van der Waals surface area contributed by atoms with Gasteiger partial charge < -0.3 is 14.8 Å². The highest BCUT2D eigenvalue weighted by molar-refractivity contribution is 7.89. The van der Waals surface area contributed by atoms with Gasteiger partial charge in [-0.1, -0.05) is 30.3 Å². The van der Waals surface area contributed by atoms with Gasteiger partial charge >= 0.3 is 0 Å². The normalized spacial score (nSPS) is 15.6. The second-order valence-electron chi connectivity index (χ2n) is 8.99. The zero-order valence-corrected chi connectivity index (χ0v) is 22.2. The second kappa shape index (κ2) is 11.8. The van der Waals surface area contributed by atoms with Crippen LogP contribution in [0, 0.1) is 0 Å². The van der Waals surface area contributed by atoms with Gasteiger partial charge in [0.15, 0.2) is 0 Å². The van der Waals surface area contributed by atoms with Gasteiger partial charge in [0.1, 0.15) is 11.5 Å². The second-order valence-corrected chi connectivity index (χ2v) is 10.9. The average molecular weight is 524 g/mol. The number of ether oxygens (including phenoxy) is 2. The van der Waals surface area contributed by atoms with E-state index in [1.165, 1.54) is 0 Å². The van der Waals surface area contributed by atoms with E-state index in [1.54, 1.807) is 42.8 Å². The Hall–Kier alpha value is -3.40. The van der Waals surface area contributed by atoms with Crippen molar-refractivity contribution in [2.45, 2.75) is 24.4 Å². The largest absolute Gasteiger partial charge is 0.497 e. The molecule has 9 heteroatoms. The summed E-state index contributed by atoms with van der Waals surface area (Å²) in [5.41, 5.74) is 2.47. The van der Waals surface area contributed by atoms with Crippen molar-refractivity contribution in [2.75, 3.05) is 40.4 Å². The summed E-state index contributed by atoms with van der Waals surface area (Å²) in [5, 5.41) is 3.02. The summed E-state index contributed by atoms with van der Waals surface area (Å²) in [6, 6.07) is 21.3. The lowest BCUT2D eigenvalue weighted by molar-refractivity contribution is 0.0939. The van der Waals surface area contributed by atoms with E-state index >= 15 is 0 Å². The Morgan fingerprint density at radius 2 is 1.59 bits per heavy atom. The van der Waals surface area contributed by atoms with E-state index in [0.717, 1.165) is 11.1 Å². The predicted molar refractivity (Wildman–Crippen MR) is 142 cm³/mol. The third-order valence-corrected chi connectivity index (χ3v) is 8.50. The molecular formula is C28H33N3O5S. The van der Waals surface area contributed by atoms with Crippen LogP contribution in [0.25, 0.3) is 0 Å². The number of benzene rings is 3. The number of carbonyl (C=O) groups excluding carboxylic acids is 1. The Morgan fingerprint density at radius 1 is 0.919 bits per heavy atom. The Kier molecular flexibility index (Phi) is 8.48. The molecule has 0 spiro atoms. The van der Waals surface area contributed by atoms with Gasteiger partial charge in [0, 0.05) is 43.9 Å². The van der Waals surface area contributed by atoms with Crippen LogP contribution in [0.15, 0.2) is 77.7 Å². The van der Waals surface area contributed by atoms with Crippen molar-refractivity contribution in [2.24, 2.45) is 0 Å².